The molecule has 0 amide bonds. The van der Waals surface area contributed by atoms with E-state index < -0.39 is 46.3 Å². The van der Waals surface area contributed by atoms with Crippen molar-refractivity contribution in [2.45, 2.75) is 18.0 Å². The quantitative estimate of drug-likeness (QED) is 0.497. The summed E-state index contributed by atoms with van der Waals surface area (Å²) < 4.78 is 102. The van der Waals surface area contributed by atoms with Gasteiger partial charge < -0.3 is 0 Å². The standard InChI is InChI=1S/C9H5F6IO3/c10-8(11,12)7(9(13,14)15)5-3-1-2-4-6(5)16(17,18)19-7/h1-4H,(H,17,18)/p-1. The van der Waals surface area contributed by atoms with Crippen LogP contribution in [0.3, 0.4) is 0 Å². The number of halogens is 7. The van der Waals surface area contributed by atoms with Gasteiger partial charge in [-0.25, -0.2) is 0 Å². The van der Waals surface area contributed by atoms with Crippen molar-refractivity contribution in [1.82, 2.24) is 0 Å². The molecular formula is C9H4F6IO3-. The maximum absolute atomic E-state index is 12.8. The number of rotatable bonds is 0. The van der Waals surface area contributed by atoms with Gasteiger partial charge in [-0.3, -0.25) is 0 Å². The Morgan fingerprint density at radius 1 is 1.05 bits per heavy atom. The van der Waals surface area contributed by atoms with E-state index in [2.05, 4.69) is 3.07 Å². The first-order chi connectivity index (χ1) is 8.43. The van der Waals surface area contributed by atoms with E-state index in [1.165, 1.54) is 0 Å². The maximum atomic E-state index is 12.8. The molecule has 0 radical (unpaired) electrons. The normalized spacial score (nSPS) is 29.6. The zero-order valence-corrected chi connectivity index (χ0v) is 10.8. The van der Waals surface area contributed by atoms with Gasteiger partial charge >= 0.3 is 107 Å². The van der Waals surface area contributed by atoms with Crippen LogP contribution in [0, 0.1) is 3.57 Å². The summed E-state index contributed by atoms with van der Waals surface area (Å²) in [6, 6.07) is 3.04. The van der Waals surface area contributed by atoms with Crippen molar-refractivity contribution < 1.29 is 35.9 Å². The van der Waals surface area contributed by atoms with Crippen LogP contribution >= 0.6 is 19.3 Å². The third-order valence-electron chi connectivity index (χ3n) is 2.52. The van der Waals surface area contributed by atoms with E-state index in [1.54, 1.807) is 0 Å². The van der Waals surface area contributed by atoms with Crippen LogP contribution in [0.2, 0.25) is 0 Å². The van der Waals surface area contributed by atoms with E-state index in [4.69, 9.17) is 0 Å². The summed E-state index contributed by atoms with van der Waals surface area (Å²) in [5, 5.41) is 0. The average Bonchev–Trinajstić information content (AvgIpc) is 2.48. The second kappa shape index (κ2) is 3.88. The van der Waals surface area contributed by atoms with Gasteiger partial charge in [0.2, 0.25) is 0 Å². The molecule has 0 saturated heterocycles. The second-order valence-corrected chi connectivity index (χ2v) is 7.66. The molecule has 108 valence electrons. The van der Waals surface area contributed by atoms with Crippen LogP contribution in [0.4, 0.5) is 26.3 Å². The molecule has 1 aliphatic heterocycles. The number of hydrogen-bond donors (Lipinski definition) is 0. The van der Waals surface area contributed by atoms with Gasteiger partial charge in [0.05, 0.1) is 0 Å². The summed E-state index contributed by atoms with van der Waals surface area (Å²) in [6.07, 6.45) is -11.9. The van der Waals surface area contributed by atoms with E-state index >= 15 is 0 Å². The molecule has 0 aliphatic carbocycles. The molecule has 0 spiro atoms. The molecule has 19 heavy (non-hydrogen) atoms. The molecule has 0 N–H and O–H groups in total. The molecule has 0 saturated carbocycles. The van der Waals surface area contributed by atoms with Crippen LogP contribution in [-0.2, 0) is 11.7 Å². The zero-order chi connectivity index (χ0) is 14.7. The molecule has 1 aromatic rings. The predicted octanol–water partition coefficient (Wildman–Crippen LogP) is 2.78. The third-order valence-corrected chi connectivity index (χ3v) is 6.12. The molecular weight excluding hydrogens is 397 g/mol. The number of benzene rings is 1. The Bertz CT molecular complexity index is 550. The summed E-state index contributed by atoms with van der Waals surface area (Å²) >= 11 is -6.23. The van der Waals surface area contributed by atoms with Crippen LogP contribution in [0.25, 0.3) is 0 Å². The number of alkyl halides is 6. The van der Waals surface area contributed by atoms with E-state index in [9.17, 15) is 32.8 Å². The SMILES string of the molecule is O=I1([O-])OC(C(F)(F)F)(C(F)(F)F)c2ccccc21. The van der Waals surface area contributed by atoms with Crippen LogP contribution in [0.5, 0.6) is 0 Å². The molecule has 1 atom stereocenters. The van der Waals surface area contributed by atoms with Crippen molar-refractivity contribution in [3.8, 4) is 0 Å². The Labute approximate surface area is 107 Å². The molecule has 10 heteroatoms. The van der Waals surface area contributed by atoms with Gasteiger partial charge in [-0.1, -0.05) is 0 Å². The van der Waals surface area contributed by atoms with Gasteiger partial charge in [-0.05, 0) is 0 Å². The van der Waals surface area contributed by atoms with E-state index in [-0.39, 0.29) is 0 Å². The van der Waals surface area contributed by atoms with Crippen LogP contribution in [0.15, 0.2) is 24.3 Å². The molecule has 3 nitrogen and oxygen atoms in total. The molecule has 1 unspecified atom stereocenters. The molecule has 1 aromatic carbocycles. The Hall–Kier alpha value is -0.750. The average molecular weight is 401 g/mol. The first-order valence-corrected chi connectivity index (χ1v) is 8.29. The molecule has 2 rings (SSSR count). The van der Waals surface area contributed by atoms with Crippen LogP contribution < -0.4 is 3.44 Å². The van der Waals surface area contributed by atoms with Gasteiger partial charge in [0.1, 0.15) is 0 Å². The summed E-state index contributed by atoms with van der Waals surface area (Å²) in [5.74, 6) is 0. The number of fused-ring (bicyclic) bond motifs is 1. The van der Waals surface area contributed by atoms with Gasteiger partial charge in [0.15, 0.2) is 0 Å². The van der Waals surface area contributed by atoms with Crippen LogP contribution in [-0.4, -0.2) is 12.4 Å². The summed E-state index contributed by atoms with van der Waals surface area (Å²) in [6.45, 7) is 0. The van der Waals surface area contributed by atoms with Gasteiger partial charge in [-0.2, -0.15) is 0 Å². The molecule has 1 aliphatic rings. The molecule has 1 heterocycles. The molecule has 0 fully saturated rings. The second-order valence-electron chi connectivity index (χ2n) is 3.65. The van der Waals surface area contributed by atoms with Gasteiger partial charge in [0, 0.05) is 0 Å². The molecule has 0 aromatic heterocycles. The van der Waals surface area contributed by atoms with E-state index in [0.717, 1.165) is 12.1 Å². The van der Waals surface area contributed by atoms with Crippen LogP contribution in [0.1, 0.15) is 5.56 Å². The Morgan fingerprint density at radius 2 is 1.53 bits per heavy atom. The fraction of sp³-hybridized carbons (Fsp3) is 0.333. The topological polar surface area (TPSA) is 49.4 Å². The van der Waals surface area contributed by atoms with Gasteiger partial charge in [-0.15, -0.1) is 0 Å². The third kappa shape index (κ3) is 1.88. The summed E-state index contributed by atoms with van der Waals surface area (Å²) in [4.78, 5) is 0. The van der Waals surface area contributed by atoms with Crippen molar-refractivity contribution in [3.05, 3.63) is 33.4 Å². The minimum atomic E-state index is -6.23. The Balaban J connectivity index is 2.85. The fourth-order valence-corrected chi connectivity index (χ4v) is 5.50. The van der Waals surface area contributed by atoms with E-state index in [1.807, 2.05) is 0 Å². The van der Waals surface area contributed by atoms with Crippen molar-refractivity contribution in [2.24, 2.45) is 0 Å². The minimum absolute atomic E-state index is 0.456. The Morgan fingerprint density at radius 3 is 2.00 bits per heavy atom. The van der Waals surface area contributed by atoms with E-state index in [0.29, 0.717) is 12.1 Å². The number of hydrogen-bond acceptors (Lipinski definition) is 3. The first kappa shape index (κ1) is 14.7. The predicted molar refractivity (Wildman–Crippen MR) is 54.7 cm³/mol. The Kier molecular flexibility index (Phi) is 3.00. The van der Waals surface area contributed by atoms with Crippen molar-refractivity contribution in [2.75, 3.05) is 0 Å². The zero-order valence-electron chi connectivity index (χ0n) is 8.68. The van der Waals surface area contributed by atoms with Crippen molar-refractivity contribution in [3.63, 3.8) is 0 Å². The van der Waals surface area contributed by atoms with Crippen molar-refractivity contribution >= 4 is 19.3 Å². The summed E-state index contributed by atoms with van der Waals surface area (Å²) in [7, 11) is 0. The van der Waals surface area contributed by atoms with Gasteiger partial charge in [0.25, 0.3) is 0 Å². The monoisotopic (exact) mass is 401 g/mol. The summed E-state index contributed by atoms with van der Waals surface area (Å²) in [5.41, 5.74) is -6.24. The first-order valence-electron chi connectivity index (χ1n) is 4.57. The van der Waals surface area contributed by atoms with Crippen molar-refractivity contribution in [1.29, 1.82) is 0 Å². The molecule has 0 bridgehead atoms. The fourth-order valence-electron chi connectivity index (χ4n) is 1.74.